The Labute approximate surface area is 121 Å². The average Bonchev–Trinajstić information content (AvgIpc) is 2.49. The van der Waals surface area contributed by atoms with Crippen LogP contribution in [-0.4, -0.2) is 12.1 Å². The molecule has 0 bridgehead atoms. The summed E-state index contributed by atoms with van der Waals surface area (Å²) in [6.45, 7) is 0. The number of pyridine rings is 1. The molecule has 0 fully saturated rings. The van der Waals surface area contributed by atoms with E-state index in [1.54, 1.807) is 25.1 Å². The van der Waals surface area contributed by atoms with Crippen LogP contribution in [0.3, 0.4) is 0 Å². The first-order chi connectivity index (χ1) is 9.78. The van der Waals surface area contributed by atoms with Gasteiger partial charge in [0, 0.05) is 21.4 Å². The lowest BCUT2D eigenvalue weighted by Crippen LogP contribution is -1.90. The van der Waals surface area contributed by atoms with E-state index in [0.29, 0.717) is 5.69 Å². The maximum absolute atomic E-state index is 5.97. The second-order valence-corrected chi connectivity index (χ2v) is 5.45. The number of nitrogens with zero attached hydrogens (tertiary/aromatic N) is 1. The van der Waals surface area contributed by atoms with Gasteiger partial charge >= 0.3 is 0 Å². The molecule has 2 N–H and O–H groups in total. The molecule has 1 heterocycles. The zero-order valence-corrected chi connectivity index (χ0v) is 11.9. The Hall–Kier alpha value is -2.20. The van der Waals surface area contributed by atoms with Crippen molar-refractivity contribution in [3.8, 4) is 5.75 Å². The van der Waals surface area contributed by atoms with Crippen LogP contribution in [0.15, 0.2) is 64.5 Å². The summed E-state index contributed by atoms with van der Waals surface area (Å²) in [6.07, 6.45) is 1.79. The fourth-order valence-corrected chi connectivity index (χ4v) is 3.03. The van der Waals surface area contributed by atoms with E-state index in [1.807, 2.05) is 42.5 Å². The minimum absolute atomic E-state index is 0.704. The highest BCUT2D eigenvalue weighted by Crippen LogP contribution is 2.35. The summed E-state index contributed by atoms with van der Waals surface area (Å²) >= 11 is 1.68. The Kier molecular flexibility index (Phi) is 3.48. The van der Waals surface area contributed by atoms with Crippen LogP contribution >= 0.6 is 11.8 Å². The molecule has 0 unspecified atom stereocenters. The zero-order chi connectivity index (χ0) is 13.9. The summed E-state index contributed by atoms with van der Waals surface area (Å²) in [5, 5.41) is 1.07. The van der Waals surface area contributed by atoms with Gasteiger partial charge in [-0.3, -0.25) is 4.98 Å². The molecular formula is C16H14N2OS. The molecule has 3 rings (SSSR count). The van der Waals surface area contributed by atoms with Gasteiger partial charge in [-0.05, 0) is 30.3 Å². The first-order valence-corrected chi connectivity index (χ1v) is 7.04. The van der Waals surface area contributed by atoms with Gasteiger partial charge in [-0.2, -0.15) is 0 Å². The monoisotopic (exact) mass is 282 g/mol. The highest BCUT2D eigenvalue weighted by Gasteiger charge is 2.06. The van der Waals surface area contributed by atoms with Crippen LogP contribution in [0.5, 0.6) is 5.75 Å². The van der Waals surface area contributed by atoms with Crippen molar-refractivity contribution in [3.63, 3.8) is 0 Å². The van der Waals surface area contributed by atoms with Crippen molar-refractivity contribution < 1.29 is 4.74 Å². The second kappa shape index (κ2) is 5.43. The van der Waals surface area contributed by atoms with Gasteiger partial charge in [0.25, 0.3) is 0 Å². The van der Waals surface area contributed by atoms with Crippen LogP contribution in [0.4, 0.5) is 5.69 Å². The third-order valence-electron chi connectivity index (χ3n) is 3.03. The van der Waals surface area contributed by atoms with E-state index in [4.69, 9.17) is 10.5 Å². The molecule has 0 radical (unpaired) electrons. The predicted octanol–water partition coefficient (Wildman–Crippen LogP) is 3.98. The largest absolute Gasteiger partial charge is 0.497 e. The van der Waals surface area contributed by atoms with Gasteiger partial charge in [0.2, 0.25) is 0 Å². The van der Waals surface area contributed by atoms with Gasteiger partial charge < -0.3 is 10.5 Å². The Morgan fingerprint density at radius 1 is 1.10 bits per heavy atom. The van der Waals surface area contributed by atoms with Crippen molar-refractivity contribution in [3.05, 3.63) is 54.7 Å². The third kappa shape index (κ3) is 2.42. The number of nitrogen functional groups attached to an aromatic ring is 1. The molecule has 0 aliphatic carbocycles. The van der Waals surface area contributed by atoms with Crippen LogP contribution < -0.4 is 10.5 Å². The number of hydrogen-bond donors (Lipinski definition) is 1. The molecule has 0 aliphatic rings. The Balaban J connectivity index is 2.04. The lowest BCUT2D eigenvalue weighted by atomic mass is 10.2. The van der Waals surface area contributed by atoms with Crippen molar-refractivity contribution in [2.24, 2.45) is 0 Å². The van der Waals surface area contributed by atoms with E-state index < -0.39 is 0 Å². The molecule has 2 aromatic carbocycles. The van der Waals surface area contributed by atoms with E-state index in [0.717, 1.165) is 26.4 Å². The number of methoxy groups -OCH3 is 1. The number of anilines is 1. The van der Waals surface area contributed by atoms with Crippen LogP contribution in [0, 0.1) is 0 Å². The van der Waals surface area contributed by atoms with E-state index in [-0.39, 0.29) is 0 Å². The summed E-state index contributed by atoms with van der Waals surface area (Å²) in [7, 11) is 1.67. The van der Waals surface area contributed by atoms with Crippen LogP contribution in [0.25, 0.3) is 10.9 Å². The second-order valence-electron chi connectivity index (χ2n) is 4.33. The number of hydrogen-bond acceptors (Lipinski definition) is 4. The van der Waals surface area contributed by atoms with E-state index >= 15 is 0 Å². The van der Waals surface area contributed by atoms with Gasteiger partial charge in [0.15, 0.2) is 0 Å². The Bertz CT molecular complexity index is 758. The number of ether oxygens (including phenoxy) is 1. The zero-order valence-electron chi connectivity index (χ0n) is 11.0. The number of nitrogens with two attached hydrogens (primary N) is 1. The predicted molar refractivity (Wildman–Crippen MR) is 83.3 cm³/mol. The quantitative estimate of drug-likeness (QED) is 0.738. The van der Waals surface area contributed by atoms with Crippen LogP contribution in [0.2, 0.25) is 0 Å². The van der Waals surface area contributed by atoms with Crippen molar-refractivity contribution in [2.75, 3.05) is 12.8 Å². The van der Waals surface area contributed by atoms with Crippen LogP contribution in [0.1, 0.15) is 0 Å². The molecule has 3 aromatic rings. The summed E-state index contributed by atoms with van der Waals surface area (Å²) < 4.78 is 5.25. The fraction of sp³-hybridized carbons (Fsp3) is 0.0625. The van der Waals surface area contributed by atoms with Gasteiger partial charge in [0.05, 0.1) is 18.3 Å². The standard InChI is InChI=1S/C16H14N2OS/c1-19-11-4-2-5-12(10-11)20-15-8-9-18-16-13(15)6-3-7-14(16)17/h2-10H,17H2,1H3. The first kappa shape index (κ1) is 12.8. The fourth-order valence-electron chi connectivity index (χ4n) is 2.05. The minimum atomic E-state index is 0.704. The topological polar surface area (TPSA) is 48.1 Å². The molecule has 0 amide bonds. The van der Waals surface area contributed by atoms with Gasteiger partial charge in [-0.1, -0.05) is 30.0 Å². The molecular weight excluding hydrogens is 268 g/mol. The maximum Gasteiger partial charge on any atom is 0.119 e. The molecule has 0 saturated heterocycles. The van der Waals surface area contributed by atoms with Crippen molar-refractivity contribution in [2.45, 2.75) is 9.79 Å². The molecule has 100 valence electrons. The molecule has 0 aliphatic heterocycles. The SMILES string of the molecule is COc1cccc(Sc2ccnc3c(N)cccc23)c1. The number of rotatable bonds is 3. The lowest BCUT2D eigenvalue weighted by molar-refractivity contribution is 0.413. The number of benzene rings is 2. The van der Waals surface area contributed by atoms with E-state index in [1.165, 1.54) is 0 Å². The first-order valence-electron chi connectivity index (χ1n) is 6.23. The van der Waals surface area contributed by atoms with Gasteiger partial charge in [-0.15, -0.1) is 0 Å². The summed E-state index contributed by atoms with van der Waals surface area (Å²) in [6, 6.07) is 15.9. The normalized spacial score (nSPS) is 10.7. The van der Waals surface area contributed by atoms with Gasteiger partial charge in [-0.25, -0.2) is 0 Å². The number of para-hydroxylation sites is 1. The maximum atomic E-state index is 5.97. The van der Waals surface area contributed by atoms with Gasteiger partial charge in [0.1, 0.15) is 5.75 Å². The molecule has 20 heavy (non-hydrogen) atoms. The summed E-state index contributed by atoms with van der Waals surface area (Å²) in [5.41, 5.74) is 7.52. The van der Waals surface area contributed by atoms with Crippen molar-refractivity contribution >= 4 is 28.4 Å². The molecule has 3 nitrogen and oxygen atoms in total. The number of aromatic nitrogens is 1. The lowest BCUT2D eigenvalue weighted by Gasteiger charge is -2.08. The third-order valence-corrected chi connectivity index (χ3v) is 4.10. The summed E-state index contributed by atoms with van der Waals surface area (Å²) in [4.78, 5) is 6.61. The molecule has 0 spiro atoms. The Morgan fingerprint density at radius 2 is 1.95 bits per heavy atom. The molecule has 0 saturated carbocycles. The highest BCUT2D eigenvalue weighted by atomic mass is 32.2. The number of fused-ring (bicyclic) bond motifs is 1. The van der Waals surface area contributed by atoms with Crippen LogP contribution in [-0.2, 0) is 0 Å². The van der Waals surface area contributed by atoms with E-state index in [2.05, 4.69) is 11.1 Å². The van der Waals surface area contributed by atoms with Crippen molar-refractivity contribution in [1.29, 1.82) is 0 Å². The minimum Gasteiger partial charge on any atom is -0.497 e. The Morgan fingerprint density at radius 3 is 2.80 bits per heavy atom. The molecule has 4 heteroatoms. The average molecular weight is 282 g/mol. The highest BCUT2D eigenvalue weighted by molar-refractivity contribution is 7.99. The molecule has 0 atom stereocenters. The molecule has 1 aromatic heterocycles. The van der Waals surface area contributed by atoms with E-state index in [9.17, 15) is 0 Å². The smallest absolute Gasteiger partial charge is 0.119 e. The van der Waals surface area contributed by atoms with Crippen molar-refractivity contribution in [1.82, 2.24) is 4.98 Å². The summed E-state index contributed by atoms with van der Waals surface area (Å²) in [5.74, 6) is 0.855.